The number of nitrogens with zero attached hydrogens (tertiary/aromatic N) is 1. The molecule has 2 aliphatic heterocycles. The van der Waals surface area contributed by atoms with Crippen LogP contribution in [0.3, 0.4) is 0 Å². The predicted molar refractivity (Wildman–Crippen MR) is 96.0 cm³/mol. The van der Waals surface area contributed by atoms with Gasteiger partial charge in [-0.3, -0.25) is 4.79 Å². The number of likely N-dealkylation sites (N-methyl/N-ethyl adjacent to an activating group) is 1. The molecular weight excluding hydrogens is 338 g/mol. The molecule has 130 valence electrons. The van der Waals surface area contributed by atoms with Crippen LogP contribution >= 0.6 is 11.6 Å². The van der Waals surface area contributed by atoms with Gasteiger partial charge in [0.25, 0.3) is 0 Å². The highest BCUT2D eigenvalue weighted by atomic mass is 35.5. The Morgan fingerprint density at radius 3 is 2.60 bits per heavy atom. The van der Waals surface area contributed by atoms with Crippen molar-refractivity contribution < 1.29 is 9.90 Å². The maximum absolute atomic E-state index is 12.9. The minimum atomic E-state index is -0.325. The Hall–Kier alpha value is -2.08. The summed E-state index contributed by atoms with van der Waals surface area (Å²) in [5.41, 5.74) is 8.16. The van der Waals surface area contributed by atoms with E-state index in [9.17, 15) is 9.90 Å². The molecule has 0 aliphatic carbocycles. The van der Waals surface area contributed by atoms with Crippen LogP contribution < -0.4 is 10.9 Å². The number of amides is 1. The average molecular weight is 358 g/mol. The van der Waals surface area contributed by atoms with Gasteiger partial charge in [0.2, 0.25) is 5.91 Å². The average Bonchev–Trinajstić information content (AvgIpc) is 3.14. The summed E-state index contributed by atoms with van der Waals surface area (Å²) in [5, 5.41) is 10.9. The Bertz CT molecular complexity index is 813. The van der Waals surface area contributed by atoms with Crippen LogP contribution in [-0.4, -0.2) is 28.5 Å². The number of nitrogens with one attached hydrogen (secondary N) is 2. The van der Waals surface area contributed by atoms with Crippen molar-refractivity contribution in [2.75, 3.05) is 6.54 Å². The zero-order valence-corrected chi connectivity index (χ0v) is 14.6. The first-order chi connectivity index (χ1) is 12.1. The quantitative estimate of drug-likeness (QED) is 0.790. The van der Waals surface area contributed by atoms with E-state index < -0.39 is 0 Å². The number of rotatable bonds is 3. The second-order valence-electron chi connectivity index (χ2n) is 6.50. The van der Waals surface area contributed by atoms with Crippen molar-refractivity contribution in [3.63, 3.8) is 0 Å². The lowest BCUT2D eigenvalue weighted by Crippen LogP contribution is -2.41. The van der Waals surface area contributed by atoms with E-state index >= 15 is 0 Å². The number of carbonyl (C=O) groups excluding carboxylic acids is 1. The molecule has 1 amide bonds. The Morgan fingerprint density at radius 2 is 1.88 bits per heavy atom. The van der Waals surface area contributed by atoms with Crippen LogP contribution in [0.1, 0.15) is 30.1 Å². The number of halogens is 1. The first kappa shape index (κ1) is 16.4. The second-order valence-corrected chi connectivity index (χ2v) is 6.94. The Labute approximate surface area is 151 Å². The maximum Gasteiger partial charge on any atom is 0.242 e. The summed E-state index contributed by atoms with van der Waals surface area (Å²) in [6.07, 6.45) is 0. The van der Waals surface area contributed by atoms with Gasteiger partial charge in [-0.05, 0) is 30.7 Å². The summed E-state index contributed by atoms with van der Waals surface area (Å²) in [4.78, 5) is 14.8. The van der Waals surface area contributed by atoms with Crippen molar-refractivity contribution in [2.24, 2.45) is 5.92 Å². The van der Waals surface area contributed by atoms with Crippen LogP contribution in [0.15, 0.2) is 48.5 Å². The summed E-state index contributed by atoms with van der Waals surface area (Å²) in [5.74, 6) is 0.261. The molecule has 0 aromatic heterocycles. The van der Waals surface area contributed by atoms with Crippen molar-refractivity contribution >= 4 is 17.5 Å². The number of hydrogen-bond donors (Lipinski definition) is 3. The van der Waals surface area contributed by atoms with Crippen LogP contribution in [0.5, 0.6) is 5.75 Å². The number of hydrazine groups is 1. The highest BCUT2D eigenvalue weighted by molar-refractivity contribution is 6.30. The van der Waals surface area contributed by atoms with E-state index in [0.29, 0.717) is 11.6 Å². The van der Waals surface area contributed by atoms with E-state index in [1.165, 1.54) is 0 Å². The predicted octanol–water partition coefficient (Wildman–Crippen LogP) is 2.78. The molecule has 2 aromatic carbocycles. The summed E-state index contributed by atoms with van der Waals surface area (Å²) in [6.45, 7) is 2.61. The number of para-hydroxylation sites is 1. The largest absolute Gasteiger partial charge is 0.508 e. The van der Waals surface area contributed by atoms with Crippen molar-refractivity contribution in [2.45, 2.75) is 25.0 Å². The van der Waals surface area contributed by atoms with E-state index in [-0.39, 0.29) is 35.7 Å². The lowest BCUT2D eigenvalue weighted by molar-refractivity contribution is -0.130. The Balaban J connectivity index is 1.80. The zero-order chi connectivity index (χ0) is 17.6. The summed E-state index contributed by atoms with van der Waals surface area (Å²) in [7, 11) is 0. The first-order valence-corrected chi connectivity index (χ1v) is 8.84. The smallest absolute Gasteiger partial charge is 0.242 e. The SMILES string of the molecule is CCN1C(=O)C2NNC(c3ccccc3O)C2C1c1cccc(Cl)c1. The fraction of sp³-hybridized carbons (Fsp3) is 0.316. The van der Waals surface area contributed by atoms with Crippen molar-refractivity contribution in [3.05, 3.63) is 64.7 Å². The monoisotopic (exact) mass is 357 g/mol. The van der Waals surface area contributed by atoms with Gasteiger partial charge in [-0.15, -0.1) is 0 Å². The number of phenolic OH excluding ortho intramolecular Hbond substituents is 1. The number of benzene rings is 2. The van der Waals surface area contributed by atoms with Gasteiger partial charge in [-0.25, -0.2) is 10.9 Å². The molecule has 0 bridgehead atoms. The molecule has 2 saturated heterocycles. The number of carbonyl (C=O) groups is 1. The lowest BCUT2D eigenvalue weighted by Gasteiger charge is -2.30. The molecule has 4 rings (SSSR count). The number of hydrogen-bond acceptors (Lipinski definition) is 4. The maximum atomic E-state index is 12.9. The van der Waals surface area contributed by atoms with Gasteiger partial charge in [-0.1, -0.05) is 41.9 Å². The zero-order valence-electron chi connectivity index (χ0n) is 13.8. The van der Waals surface area contributed by atoms with E-state index in [4.69, 9.17) is 11.6 Å². The molecule has 2 aliphatic rings. The summed E-state index contributed by atoms with van der Waals surface area (Å²) < 4.78 is 0. The molecule has 4 unspecified atom stereocenters. The van der Waals surface area contributed by atoms with E-state index in [2.05, 4.69) is 10.9 Å². The highest BCUT2D eigenvalue weighted by Crippen LogP contribution is 2.48. The molecule has 0 radical (unpaired) electrons. The second kappa shape index (κ2) is 6.33. The van der Waals surface area contributed by atoms with Gasteiger partial charge in [0.1, 0.15) is 11.8 Å². The van der Waals surface area contributed by atoms with E-state index in [1.54, 1.807) is 12.1 Å². The third-order valence-corrected chi connectivity index (χ3v) is 5.45. The van der Waals surface area contributed by atoms with Crippen molar-refractivity contribution in [1.29, 1.82) is 0 Å². The van der Waals surface area contributed by atoms with E-state index in [1.807, 2.05) is 48.2 Å². The van der Waals surface area contributed by atoms with Gasteiger partial charge in [0, 0.05) is 23.0 Å². The third-order valence-electron chi connectivity index (χ3n) is 5.22. The molecular formula is C19H20ClN3O2. The standard InChI is InChI=1S/C19H20ClN3O2/c1-2-23-18(11-6-5-7-12(20)10-11)15-16(21-22-17(15)19(23)25)13-8-3-4-9-14(13)24/h3-10,15-18,21-22,24H,2H2,1H3. The number of likely N-dealkylation sites (tertiary alicyclic amines) is 1. The van der Waals surface area contributed by atoms with Crippen LogP contribution in [0, 0.1) is 5.92 Å². The van der Waals surface area contributed by atoms with Crippen LogP contribution in [0.4, 0.5) is 0 Å². The molecule has 5 nitrogen and oxygen atoms in total. The Kier molecular flexibility index (Phi) is 4.15. The van der Waals surface area contributed by atoms with E-state index in [0.717, 1.165) is 11.1 Å². The molecule has 2 aromatic rings. The molecule has 4 atom stereocenters. The topological polar surface area (TPSA) is 64.6 Å². The van der Waals surface area contributed by atoms with Crippen molar-refractivity contribution in [1.82, 2.24) is 15.8 Å². The molecule has 25 heavy (non-hydrogen) atoms. The van der Waals surface area contributed by atoms with Gasteiger partial charge in [0.15, 0.2) is 0 Å². The molecule has 3 N–H and O–H groups in total. The molecule has 2 fully saturated rings. The Morgan fingerprint density at radius 1 is 1.12 bits per heavy atom. The molecule has 0 saturated carbocycles. The molecule has 6 heteroatoms. The molecule has 2 heterocycles. The number of fused-ring (bicyclic) bond motifs is 1. The van der Waals surface area contributed by atoms with Crippen molar-refractivity contribution in [3.8, 4) is 5.75 Å². The number of aromatic hydroxyl groups is 1. The molecule has 0 spiro atoms. The number of phenols is 1. The fourth-order valence-electron chi connectivity index (χ4n) is 4.16. The fourth-order valence-corrected chi connectivity index (χ4v) is 4.36. The van der Waals surface area contributed by atoms with Crippen LogP contribution in [0.25, 0.3) is 0 Å². The van der Waals surface area contributed by atoms with Gasteiger partial charge < -0.3 is 10.0 Å². The minimum Gasteiger partial charge on any atom is -0.508 e. The third kappa shape index (κ3) is 2.59. The normalized spacial score (nSPS) is 28.4. The summed E-state index contributed by atoms with van der Waals surface area (Å²) in [6, 6.07) is 14.3. The van der Waals surface area contributed by atoms with Gasteiger partial charge >= 0.3 is 0 Å². The minimum absolute atomic E-state index is 0.0424. The van der Waals surface area contributed by atoms with Crippen LogP contribution in [0.2, 0.25) is 5.02 Å². The van der Waals surface area contributed by atoms with Gasteiger partial charge in [0.05, 0.1) is 12.1 Å². The summed E-state index contributed by atoms with van der Waals surface area (Å²) >= 11 is 6.20. The lowest BCUT2D eigenvalue weighted by atomic mass is 9.83. The van der Waals surface area contributed by atoms with Gasteiger partial charge in [-0.2, -0.15) is 0 Å². The highest BCUT2D eigenvalue weighted by Gasteiger charge is 2.55. The van der Waals surface area contributed by atoms with Crippen LogP contribution in [-0.2, 0) is 4.79 Å². The first-order valence-electron chi connectivity index (χ1n) is 8.46.